The molecule has 2 aliphatic rings. The Morgan fingerprint density at radius 3 is 1.93 bits per heavy atom. The van der Waals surface area contributed by atoms with Crippen molar-refractivity contribution in [1.82, 2.24) is 0 Å². The highest BCUT2D eigenvalue weighted by atomic mass is 19.3. The molecule has 0 aromatic heterocycles. The van der Waals surface area contributed by atoms with Crippen LogP contribution in [0.2, 0.25) is 0 Å². The first-order valence-electron chi connectivity index (χ1n) is 5.57. The summed E-state index contributed by atoms with van der Waals surface area (Å²) in [4.78, 5) is 0. The van der Waals surface area contributed by atoms with Gasteiger partial charge < -0.3 is 5.73 Å². The van der Waals surface area contributed by atoms with Crippen molar-refractivity contribution in [3.8, 4) is 0 Å². The van der Waals surface area contributed by atoms with E-state index in [2.05, 4.69) is 6.92 Å². The van der Waals surface area contributed by atoms with Crippen LogP contribution in [0.4, 0.5) is 8.78 Å². The van der Waals surface area contributed by atoms with Gasteiger partial charge in [-0.1, -0.05) is 13.3 Å². The van der Waals surface area contributed by atoms with Crippen molar-refractivity contribution < 1.29 is 8.78 Å². The van der Waals surface area contributed by atoms with Crippen LogP contribution in [0.25, 0.3) is 0 Å². The molecule has 0 spiro atoms. The Kier molecular flexibility index (Phi) is 2.15. The van der Waals surface area contributed by atoms with Gasteiger partial charge in [-0.2, -0.15) is 0 Å². The number of hydrogen-bond acceptors (Lipinski definition) is 1. The third kappa shape index (κ3) is 1.14. The van der Waals surface area contributed by atoms with Crippen LogP contribution in [-0.4, -0.2) is 12.5 Å². The fourth-order valence-corrected chi connectivity index (χ4v) is 3.54. The molecule has 82 valence electrons. The lowest BCUT2D eigenvalue weighted by Gasteiger charge is -2.62. The Hall–Kier alpha value is -0.180. The second-order valence-electron chi connectivity index (χ2n) is 5.18. The topological polar surface area (TPSA) is 26.0 Å². The third-order valence-electron chi connectivity index (χ3n) is 4.70. The first kappa shape index (κ1) is 10.3. The zero-order valence-electron chi connectivity index (χ0n) is 8.78. The average molecular weight is 203 g/mol. The molecular formula is C11H19F2N. The summed E-state index contributed by atoms with van der Waals surface area (Å²) in [5, 5.41) is 0. The van der Waals surface area contributed by atoms with Crippen LogP contribution in [0.15, 0.2) is 0 Å². The Balaban J connectivity index is 2.14. The molecule has 0 radical (unpaired) electrons. The van der Waals surface area contributed by atoms with E-state index in [1.165, 1.54) is 6.42 Å². The molecule has 2 rings (SSSR count). The molecule has 0 bridgehead atoms. The van der Waals surface area contributed by atoms with E-state index in [1.54, 1.807) is 0 Å². The highest BCUT2D eigenvalue weighted by Crippen LogP contribution is 2.67. The second-order valence-corrected chi connectivity index (χ2v) is 5.18. The predicted octanol–water partition coefficient (Wildman–Crippen LogP) is 2.94. The van der Waals surface area contributed by atoms with Crippen molar-refractivity contribution in [2.24, 2.45) is 16.6 Å². The lowest BCUT2D eigenvalue weighted by atomic mass is 9.44. The van der Waals surface area contributed by atoms with Crippen molar-refractivity contribution >= 4 is 0 Å². The maximum Gasteiger partial charge on any atom is 0.249 e. The first-order valence-corrected chi connectivity index (χ1v) is 5.57. The number of alkyl halides is 2. The minimum absolute atomic E-state index is 0.0321. The van der Waals surface area contributed by atoms with Crippen molar-refractivity contribution in [1.29, 1.82) is 0 Å². The Bertz CT molecular complexity index is 220. The summed E-state index contributed by atoms with van der Waals surface area (Å²) in [6.45, 7) is 2.56. The molecule has 2 N–H and O–H groups in total. The zero-order chi connectivity index (χ0) is 10.4. The molecule has 14 heavy (non-hydrogen) atoms. The Labute approximate surface area is 84.0 Å². The van der Waals surface area contributed by atoms with E-state index in [-0.39, 0.29) is 23.7 Å². The molecule has 0 heterocycles. The van der Waals surface area contributed by atoms with Gasteiger partial charge in [0.2, 0.25) is 5.92 Å². The van der Waals surface area contributed by atoms with E-state index in [4.69, 9.17) is 5.73 Å². The average Bonchev–Trinajstić information content (AvgIpc) is 1.99. The Morgan fingerprint density at radius 1 is 1.14 bits per heavy atom. The summed E-state index contributed by atoms with van der Waals surface area (Å²) in [5.41, 5.74) is 5.65. The normalized spacial score (nSPS) is 31.7. The molecule has 2 fully saturated rings. The molecule has 3 heteroatoms. The van der Waals surface area contributed by atoms with Gasteiger partial charge >= 0.3 is 0 Å². The molecule has 0 saturated heterocycles. The van der Waals surface area contributed by atoms with Crippen LogP contribution >= 0.6 is 0 Å². The predicted molar refractivity (Wildman–Crippen MR) is 52.2 cm³/mol. The fourth-order valence-electron chi connectivity index (χ4n) is 3.54. The number of hydrogen-bond donors (Lipinski definition) is 1. The van der Waals surface area contributed by atoms with Gasteiger partial charge in [0, 0.05) is 12.8 Å². The van der Waals surface area contributed by atoms with Gasteiger partial charge in [0.1, 0.15) is 0 Å². The monoisotopic (exact) mass is 203 g/mol. The lowest BCUT2D eigenvalue weighted by Crippen LogP contribution is -2.61. The van der Waals surface area contributed by atoms with Gasteiger partial charge in [0.15, 0.2) is 0 Å². The van der Waals surface area contributed by atoms with Gasteiger partial charge in [0.05, 0.1) is 0 Å². The number of nitrogens with two attached hydrogens (primary N) is 1. The quantitative estimate of drug-likeness (QED) is 0.749. The highest BCUT2D eigenvalue weighted by Gasteiger charge is 2.65. The van der Waals surface area contributed by atoms with Crippen molar-refractivity contribution in [2.75, 3.05) is 6.54 Å². The minimum atomic E-state index is -2.43. The molecule has 2 saturated carbocycles. The van der Waals surface area contributed by atoms with Gasteiger partial charge in [-0.3, -0.25) is 0 Å². The molecule has 0 amide bonds. The second kappa shape index (κ2) is 2.91. The van der Waals surface area contributed by atoms with E-state index < -0.39 is 5.92 Å². The smallest absolute Gasteiger partial charge is 0.249 e. The summed E-state index contributed by atoms with van der Waals surface area (Å²) in [7, 11) is 0. The third-order valence-corrected chi connectivity index (χ3v) is 4.70. The van der Waals surface area contributed by atoms with Crippen LogP contribution in [0.5, 0.6) is 0 Å². The molecular weight excluding hydrogens is 184 g/mol. The van der Waals surface area contributed by atoms with Gasteiger partial charge in [-0.25, -0.2) is 8.78 Å². The highest BCUT2D eigenvalue weighted by molar-refractivity contribution is 5.12. The van der Waals surface area contributed by atoms with Crippen LogP contribution in [-0.2, 0) is 0 Å². The van der Waals surface area contributed by atoms with Crippen molar-refractivity contribution in [2.45, 2.75) is 51.4 Å². The molecule has 0 aromatic carbocycles. The maximum atomic E-state index is 13.0. The van der Waals surface area contributed by atoms with Gasteiger partial charge in [-0.05, 0) is 36.6 Å². The van der Waals surface area contributed by atoms with Crippen LogP contribution in [0, 0.1) is 10.8 Å². The molecule has 0 aromatic rings. The van der Waals surface area contributed by atoms with Crippen LogP contribution < -0.4 is 5.73 Å². The largest absolute Gasteiger partial charge is 0.330 e. The molecule has 0 aliphatic heterocycles. The summed E-state index contributed by atoms with van der Waals surface area (Å²) < 4.78 is 26.0. The summed E-state index contributed by atoms with van der Waals surface area (Å²) >= 11 is 0. The van der Waals surface area contributed by atoms with Crippen LogP contribution in [0.1, 0.15) is 45.4 Å². The van der Waals surface area contributed by atoms with E-state index in [1.807, 2.05) is 0 Å². The van der Waals surface area contributed by atoms with E-state index in [0.29, 0.717) is 6.54 Å². The van der Waals surface area contributed by atoms with E-state index in [0.717, 1.165) is 19.3 Å². The number of rotatable bonds is 3. The molecule has 1 nitrogen and oxygen atoms in total. The van der Waals surface area contributed by atoms with Gasteiger partial charge in [-0.15, -0.1) is 0 Å². The molecule has 0 atom stereocenters. The summed E-state index contributed by atoms with van der Waals surface area (Å²) in [6, 6.07) is 0. The maximum absolute atomic E-state index is 13.0. The number of halogens is 2. The molecule has 2 aliphatic carbocycles. The zero-order valence-corrected chi connectivity index (χ0v) is 8.78. The molecule has 0 unspecified atom stereocenters. The lowest BCUT2D eigenvalue weighted by molar-refractivity contribution is -0.227. The van der Waals surface area contributed by atoms with Crippen LogP contribution in [0.3, 0.4) is 0 Å². The SMILES string of the molecule is CCC1(C2(CN)CC(F)(F)C2)CCC1. The van der Waals surface area contributed by atoms with E-state index in [9.17, 15) is 8.78 Å². The summed E-state index contributed by atoms with van der Waals surface area (Å²) in [5.74, 6) is -2.43. The fraction of sp³-hybridized carbons (Fsp3) is 1.00. The Morgan fingerprint density at radius 2 is 1.71 bits per heavy atom. The standard InChI is InChI=1S/C11H19F2N/c1-2-9(4-3-5-9)10(8-14)6-11(12,13)7-10/h2-8,14H2,1H3. The summed E-state index contributed by atoms with van der Waals surface area (Å²) in [6.07, 6.45) is 4.49. The van der Waals surface area contributed by atoms with Crippen molar-refractivity contribution in [3.63, 3.8) is 0 Å². The first-order chi connectivity index (χ1) is 6.49. The van der Waals surface area contributed by atoms with Gasteiger partial charge in [0.25, 0.3) is 0 Å². The minimum Gasteiger partial charge on any atom is -0.330 e. The van der Waals surface area contributed by atoms with E-state index >= 15 is 0 Å². The van der Waals surface area contributed by atoms with Crippen molar-refractivity contribution in [3.05, 3.63) is 0 Å².